The second-order valence-electron chi connectivity index (χ2n) is 5.55. The standard InChI is InChI=1S/C15H24N2O3S/c1-12(2)8-9-17-15(18)11-16-10-13-4-6-14(7-5-13)21(3,19)20/h4-7,12,16H,8-11H2,1-3H3,(H,17,18). The first-order valence-corrected chi connectivity index (χ1v) is 8.94. The summed E-state index contributed by atoms with van der Waals surface area (Å²) in [5.41, 5.74) is 0.942. The lowest BCUT2D eigenvalue weighted by molar-refractivity contribution is -0.120. The summed E-state index contributed by atoms with van der Waals surface area (Å²) < 4.78 is 22.7. The monoisotopic (exact) mass is 312 g/mol. The van der Waals surface area contributed by atoms with Crippen molar-refractivity contribution in [1.82, 2.24) is 10.6 Å². The van der Waals surface area contributed by atoms with Crippen LogP contribution in [0.5, 0.6) is 0 Å². The molecule has 0 unspecified atom stereocenters. The lowest BCUT2D eigenvalue weighted by Gasteiger charge is -2.08. The first kappa shape index (κ1) is 17.7. The van der Waals surface area contributed by atoms with Crippen LogP contribution in [0.15, 0.2) is 29.2 Å². The number of rotatable bonds is 8. The van der Waals surface area contributed by atoms with Crippen LogP contribution in [0, 0.1) is 5.92 Å². The van der Waals surface area contributed by atoms with Gasteiger partial charge in [0.15, 0.2) is 9.84 Å². The molecule has 2 N–H and O–H groups in total. The van der Waals surface area contributed by atoms with Gasteiger partial charge in [0.25, 0.3) is 0 Å². The third-order valence-electron chi connectivity index (χ3n) is 3.01. The van der Waals surface area contributed by atoms with Crippen LogP contribution in [0.25, 0.3) is 0 Å². The SMILES string of the molecule is CC(C)CCNC(=O)CNCc1ccc(S(C)(=O)=O)cc1. The highest BCUT2D eigenvalue weighted by molar-refractivity contribution is 7.90. The molecule has 1 aromatic carbocycles. The number of nitrogens with one attached hydrogen (secondary N) is 2. The first-order chi connectivity index (χ1) is 9.79. The molecule has 0 heterocycles. The summed E-state index contributed by atoms with van der Waals surface area (Å²) in [5, 5.41) is 5.88. The van der Waals surface area contributed by atoms with Crippen LogP contribution in [0.2, 0.25) is 0 Å². The molecule has 118 valence electrons. The van der Waals surface area contributed by atoms with Crippen molar-refractivity contribution in [3.8, 4) is 0 Å². The summed E-state index contributed by atoms with van der Waals surface area (Å²) in [4.78, 5) is 11.9. The van der Waals surface area contributed by atoms with Gasteiger partial charge in [0.05, 0.1) is 11.4 Å². The lowest BCUT2D eigenvalue weighted by atomic mass is 10.1. The van der Waals surface area contributed by atoms with Gasteiger partial charge in [-0.1, -0.05) is 26.0 Å². The molecule has 5 nitrogen and oxygen atoms in total. The van der Waals surface area contributed by atoms with E-state index in [-0.39, 0.29) is 12.5 Å². The van der Waals surface area contributed by atoms with Gasteiger partial charge in [0.2, 0.25) is 5.91 Å². The summed E-state index contributed by atoms with van der Waals surface area (Å²) in [6.07, 6.45) is 2.15. The van der Waals surface area contributed by atoms with Gasteiger partial charge >= 0.3 is 0 Å². The second-order valence-corrected chi connectivity index (χ2v) is 7.57. The van der Waals surface area contributed by atoms with Gasteiger partial charge in [-0.2, -0.15) is 0 Å². The molecule has 0 aliphatic heterocycles. The molecule has 1 aromatic rings. The van der Waals surface area contributed by atoms with Crippen molar-refractivity contribution in [3.05, 3.63) is 29.8 Å². The maximum absolute atomic E-state index is 11.5. The fourth-order valence-electron chi connectivity index (χ4n) is 1.74. The quantitative estimate of drug-likeness (QED) is 0.759. The molecule has 1 rings (SSSR count). The van der Waals surface area contributed by atoms with Crippen LogP contribution in [-0.2, 0) is 21.2 Å². The summed E-state index contributed by atoms with van der Waals surface area (Å²) >= 11 is 0. The molecule has 0 aliphatic carbocycles. The van der Waals surface area contributed by atoms with Crippen molar-refractivity contribution in [3.63, 3.8) is 0 Å². The van der Waals surface area contributed by atoms with Gasteiger partial charge in [-0.3, -0.25) is 4.79 Å². The minimum Gasteiger partial charge on any atom is -0.355 e. The molecule has 0 bridgehead atoms. The molecule has 0 aromatic heterocycles. The van der Waals surface area contributed by atoms with Crippen molar-refractivity contribution in [2.45, 2.75) is 31.7 Å². The predicted octanol–water partition coefficient (Wildman–Crippen LogP) is 1.34. The molecule has 0 atom stereocenters. The third-order valence-corrected chi connectivity index (χ3v) is 4.14. The number of benzene rings is 1. The van der Waals surface area contributed by atoms with Crippen LogP contribution in [-0.4, -0.2) is 33.7 Å². The van der Waals surface area contributed by atoms with Gasteiger partial charge in [-0.15, -0.1) is 0 Å². The van der Waals surface area contributed by atoms with Crippen LogP contribution in [0.3, 0.4) is 0 Å². The van der Waals surface area contributed by atoms with Crippen molar-refractivity contribution >= 4 is 15.7 Å². The molecular weight excluding hydrogens is 288 g/mol. The Morgan fingerprint density at radius 2 is 1.81 bits per heavy atom. The average molecular weight is 312 g/mol. The van der Waals surface area contributed by atoms with Crippen LogP contribution >= 0.6 is 0 Å². The van der Waals surface area contributed by atoms with Gasteiger partial charge in [-0.25, -0.2) is 8.42 Å². The fraction of sp³-hybridized carbons (Fsp3) is 0.533. The fourth-order valence-corrected chi connectivity index (χ4v) is 2.37. The number of carbonyl (C=O) groups excluding carboxylic acids is 1. The van der Waals surface area contributed by atoms with Crippen molar-refractivity contribution in [2.75, 3.05) is 19.3 Å². The number of hydrogen-bond donors (Lipinski definition) is 2. The highest BCUT2D eigenvalue weighted by atomic mass is 32.2. The molecule has 0 aliphatic rings. The average Bonchev–Trinajstić information content (AvgIpc) is 2.38. The minimum atomic E-state index is -3.16. The largest absolute Gasteiger partial charge is 0.355 e. The minimum absolute atomic E-state index is 0.0246. The molecule has 21 heavy (non-hydrogen) atoms. The Balaban J connectivity index is 2.31. The number of sulfone groups is 1. The normalized spacial score (nSPS) is 11.6. The highest BCUT2D eigenvalue weighted by Gasteiger charge is 2.06. The maximum atomic E-state index is 11.5. The van der Waals surface area contributed by atoms with Gasteiger partial charge in [0.1, 0.15) is 0 Å². The van der Waals surface area contributed by atoms with E-state index in [1.165, 1.54) is 6.26 Å². The molecular formula is C15H24N2O3S. The molecule has 0 saturated carbocycles. The number of amides is 1. The molecule has 0 saturated heterocycles. The molecule has 6 heteroatoms. The zero-order valence-electron chi connectivity index (χ0n) is 12.8. The highest BCUT2D eigenvalue weighted by Crippen LogP contribution is 2.09. The Morgan fingerprint density at radius 1 is 1.19 bits per heavy atom. The zero-order chi connectivity index (χ0) is 15.9. The summed E-state index contributed by atoms with van der Waals surface area (Å²) in [5.74, 6) is 0.551. The van der Waals surface area contributed by atoms with Crippen molar-refractivity contribution in [2.24, 2.45) is 5.92 Å². The smallest absolute Gasteiger partial charge is 0.233 e. The van der Waals surface area contributed by atoms with Gasteiger partial charge in [0, 0.05) is 19.3 Å². The zero-order valence-corrected chi connectivity index (χ0v) is 13.7. The van der Waals surface area contributed by atoms with Gasteiger partial charge < -0.3 is 10.6 Å². The third kappa shape index (κ3) is 7.24. The van der Waals surface area contributed by atoms with E-state index in [0.29, 0.717) is 23.9 Å². The van der Waals surface area contributed by atoms with E-state index in [1.54, 1.807) is 24.3 Å². The molecule has 0 spiro atoms. The summed E-state index contributed by atoms with van der Waals surface area (Å²) in [6.45, 7) is 5.71. The van der Waals surface area contributed by atoms with E-state index >= 15 is 0 Å². The second kappa shape index (κ2) is 8.14. The van der Waals surface area contributed by atoms with Crippen molar-refractivity contribution < 1.29 is 13.2 Å². The Hall–Kier alpha value is -1.40. The van der Waals surface area contributed by atoms with E-state index in [1.807, 2.05) is 0 Å². The Morgan fingerprint density at radius 3 is 2.33 bits per heavy atom. The first-order valence-electron chi connectivity index (χ1n) is 7.05. The van der Waals surface area contributed by atoms with Crippen molar-refractivity contribution in [1.29, 1.82) is 0 Å². The van der Waals surface area contributed by atoms with Crippen LogP contribution in [0.1, 0.15) is 25.8 Å². The number of hydrogen-bond acceptors (Lipinski definition) is 4. The Labute approximate surface area is 127 Å². The Bertz CT molecular complexity index is 551. The van der Waals surface area contributed by atoms with E-state index < -0.39 is 9.84 Å². The van der Waals surface area contributed by atoms with E-state index in [2.05, 4.69) is 24.5 Å². The summed E-state index contributed by atoms with van der Waals surface area (Å²) in [6, 6.07) is 6.66. The topological polar surface area (TPSA) is 75.3 Å². The van der Waals surface area contributed by atoms with E-state index in [0.717, 1.165) is 12.0 Å². The van der Waals surface area contributed by atoms with Crippen LogP contribution < -0.4 is 10.6 Å². The van der Waals surface area contributed by atoms with E-state index in [9.17, 15) is 13.2 Å². The van der Waals surface area contributed by atoms with E-state index in [4.69, 9.17) is 0 Å². The summed E-state index contributed by atoms with van der Waals surface area (Å²) in [7, 11) is -3.16. The Kier molecular flexibility index (Phi) is 6.84. The van der Waals surface area contributed by atoms with Crippen LogP contribution in [0.4, 0.5) is 0 Å². The molecule has 1 amide bonds. The predicted molar refractivity (Wildman–Crippen MR) is 83.7 cm³/mol. The number of carbonyl (C=O) groups is 1. The molecule has 0 fully saturated rings. The maximum Gasteiger partial charge on any atom is 0.233 e. The lowest BCUT2D eigenvalue weighted by Crippen LogP contribution is -2.34. The molecule has 0 radical (unpaired) electrons. The van der Waals surface area contributed by atoms with Gasteiger partial charge in [-0.05, 0) is 30.0 Å².